The molecule has 1 aromatic carbocycles. The molecule has 0 radical (unpaired) electrons. The number of carbonyl (C=O) groups excluding carboxylic acids is 2. The molecule has 0 spiro atoms. The molecule has 2 N–H and O–H groups in total. The second-order valence-electron chi connectivity index (χ2n) is 4.31. The van der Waals surface area contributed by atoms with Crippen molar-refractivity contribution in [1.29, 1.82) is 0 Å². The molecule has 1 heterocycles. The van der Waals surface area contributed by atoms with Gasteiger partial charge in [0.1, 0.15) is 0 Å². The third kappa shape index (κ3) is 2.45. The number of hydrogen-bond acceptors (Lipinski definition) is 5. The lowest BCUT2D eigenvalue weighted by Gasteiger charge is -2.23. The number of nitrogens with zero attached hydrogens (tertiary/aromatic N) is 3. The van der Waals surface area contributed by atoms with E-state index in [1.807, 2.05) is 0 Å². The number of hydrazine groups is 2. The highest BCUT2D eigenvalue weighted by Crippen LogP contribution is 2.22. The second kappa shape index (κ2) is 5.66. The van der Waals surface area contributed by atoms with Gasteiger partial charge < -0.3 is 5.73 Å². The third-order valence-electron chi connectivity index (χ3n) is 3.13. The number of ketones is 1. The van der Waals surface area contributed by atoms with Crippen LogP contribution in [-0.2, 0) is 4.79 Å². The smallest absolute Gasteiger partial charge is 0.259 e. The summed E-state index contributed by atoms with van der Waals surface area (Å²) in [4.78, 5) is 35.0. The molecule has 0 aromatic heterocycles. The average Bonchev–Trinajstić information content (AvgIpc) is 2.91. The Kier molecular flexibility index (Phi) is 3.94. The molecule has 1 fully saturated rings. The van der Waals surface area contributed by atoms with Gasteiger partial charge in [-0.1, -0.05) is 30.3 Å². The first kappa shape index (κ1) is 13.9. The minimum atomic E-state index is -0.983. The van der Waals surface area contributed by atoms with Crippen LogP contribution in [0.25, 0.3) is 0 Å². The minimum Gasteiger partial charge on any atom is -0.322 e. The van der Waals surface area contributed by atoms with Crippen molar-refractivity contribution < 1.29 is 14.6 Å². The van der Waals surface area contributed by atoms with Crippen molar-refractivity contribution in [2.75, 3.05) is 13.1 Å². The molecular weight excluding hydrogens is 264 g/mol. The number of rotatable bonds is 4. The predicted octanol–water partition coefficient (Wildman–Crippen LogP) is -0.162. The molecule has 8 heteroatoms. The summed E-state index contributed by atoms with van der Waals surface area (Å²) < 4.78 is 0. The van der Waals surface area contributed by atoms with E-state index in [4.69, 9.17) is 5.73 Å². The largest absolute Gasteiger partial charge is 0.322 e. The lowest BCUT2D eigenvalue weighted by molar-refractivity contribution is -0.691. The van der Waals surface area contributed by atoms with Crippen molar-refractivity contribution in [3.8, 4) is 0 Å². The maximum absolute atomic E-state index is 12.3. The molecule has 1 aliphatic rings. The summed E-state index contributed by atoms with van der Waals surface area (Å²) in [5.74, 6) is -0.959. The molecule has 1 aliphatic heterocycles. The van der Waals surface area contributed by atoms with Crippen LogP contribution in [0.3, 0.4) is 0 Å². The fourth-order valence-electron chi connectivity index (χ4n) is 2.21. The third-order valence-corrected chi connectivity index (χ3v) is 3.13. The quantitative estimate of drug-likeness (QED) is 0.465. The van der Waals surface area contributed by atoms with Gasteiger partial charge in [0.15, 0.2) is 16.9 Å². The first-order chi connectivity index (χ1) is 9.56. The Morgan fingerprint density at radius 3 is 2.55 bits per heavy atom. The zero-order chi connectivity index (χ0) is 14.7. The van der Waals surface area contributed by atoms with Crippen LogP contribution in [0.2, 0.25) is 0 Å². The molecule has 20 heavy (non-hydrogen) atoms. The summed E-state index contributed by atoms with van der Waals surface area (Å²) in [5, 5.41) is 11.9. The van der Waals surface area contributed by atoms with Gasteiger partial charge in [-0.3, -0.25) is 9.59 Å². The summed E-state index contributed by atoms with van der Waals surface area (Å²) >= 11 is 0. The lowest BCUT2D eigenvalue weighted by Crippen LogP contribution is -2.51. The van der Waals surface area contributed by atoms with E-state index in [1.54, 1.807) is 30.3 Å². The molecule has 1 atom stereocenters. The normalized spacial score (nSPS) is 18.1. The van der Waals surface area contributed by atoms with Crippen molar-refractivity contribution in [1.82, 2.24) is 10.1 Å². The maximum atomic E-state index is 12.3. The number of hydrogen-bond donors (Lipinski definition) is 1. The molecule has 1 unspecified atom stereocenters. The van der Waals surface area contributed by atoms with Gasteiger partial charge in [0.05, 0.1) is 13.1 Å². The second-order valence-corrected chi connectivity index (χ2v) is 4.31. The number of benzene rings is 1. The Morgan fingerprint density at radius 1 is 1.35 bits per heavy atom. The molecule has 106 valence electrons. The van der Waals surface area contributed by atoms with E-state index in [1.165, 1.54) is 0 Å². The molecule has 2 rings (SSSR count). The number of amides is 1. The summed E-state index contributed by atoms with van der Waals surface area (Å²) in [6, 6.07) is 7.31. The van der Waals surface area contributed by atoms with Crippen LogP contribution in [0.15, 0.2) is 30.3 Å². The van der Waals surface area contributed by atoms with Gasteiger partial charge >= 0.3 is 0 Å². The zero-order valence-electron chi connectivity index (χ0n) is 10.6. The highest BCUT2D eigenvalue weighted by atomic mass is 16.7. The van der Waals surface area contributed by atoms with Crippen LogP contribution in [0.1, 0.15) is 16.8 Å². The van der Waals surface area contributed by atoms with Crippen molar-refractivity contribution in [3.63, 3.8) is 0 Å². The van der Waals surface area contributed by atoms with E-state index in [-0.39, 0.29) is 25.3 Å². The van der Waals surface area contributed by atoms with Gasteiger partial charge in [0, 0.05) is 12.0 Å². The van der Waals surface area contributed by atoms with Gasteiger partial charge in [0.25, 0.3) is 5.91 Å². The predicted molar refractivity (Wildman–Crippen MR) is 68.8 cm³/mol. The van der Waals surface area contributed by atoms with Gasteiger partial charge in [-0.25, -0.2) is 10.1 Å². The number of nitrogens with two attached hydrogens (primary N) is 1. The van der Waals surface area contributed by atoms with E-state index < -0.39 is 17.0 Å². The number of nitro groups is 1. The summed E-state index contributed by atoms with van der Waals surface area (Å²) in [7, 11) is 0. The number of Topliss-reactive ketones (excluding diaryl/α,β-unsaturated/α-hetero) is 1. The maximum Gasteiger partial charge on any atom is 0.259 e. The van der Waals surface area contributed by atoms with Crippen LogP contribution in [0.4, 0.5) is 0 Å². The first-order valence-electron chi connectivity index (χ1n) is 6.09. The fraction of sp³-hybridized carbons (Fsp3) is 0.333. The standard InChI is InChI=1S/C12H14N4O4/c13-8-11(17)14-7-6-10(15(14)16(19)20)12(18)9-4-2-1-3-5-9/h1-5,10H,6-8,13H2. The Balaban J connectivity index is 2.26. The van der Waals surface area contributed by atoms with Crippen molar-refractivity contribution >= 4 is 11.7 Å². The summed E-state index contributed by atoms with van der Waals surface area (Å²) in [6.07, 6.45) is 0.209. The van der Waals surface area contributed by atoms with Crippen LogP contribution >= 0.6 is 0 Å². The number of carbonyl (C=O) groups is 2. The Labute approximate surface area is 114 Å². The van der Waals surface area contributed by atoms with E-state index in [0.29, 0.717) is 10.7 Å². The van der Waals surface area contributed by atoms with Gasteiger partial charge in [-0.15, -0.1) is 0 Å². The monoisotopic (exact) mass is 278 g/mol. The van der Waals surface area contributed by atoms with E-state index in [9.17, 15) is 19.7 Å². The molecular formula is C12H14N4O4. The summed E-state index contributed by atoms with van der Waals surface area (Å²) in [5.41, 5.74) is 5.60. The van der Waals surface area contributed by atoms with E-state index in [0.717, 1.165) is 5.01 Å². The van der Waals surface area contributed by atoms with Crippen molar-refractivity contribution in [2.45, 2.75) is 12.5 Å². The summed E-state index contributed by atoms with van der Waals surface area (Å²) in [6.45, 7) is -0.225. The van der Waals surface area contributed by atoms with E-state index in [2.05, 4.69) is 0 Å². The topological polar surface area (TPSA) is 110 Å². The fourth-order valence-corrected chi connectivity index (χ4v) is 2.21. The molecule has 1 amide bonds. The highest BCUT2D eigenvalue weighted by Gasteiger charge is 2.45. The van der Waals surface area contributed by atoms with Crippen LogP contribution in [0.5, 0.6) is 0 Å². The zero-order valence-corrected chi connectivity index (χ0v) is 10.6. The van der Waals surface area contributed by atoms with Crippen LogP contribution in [-0.4, -0.2) is 46.0 Å². The van der Waals surface area contributed by atoms with Crippen molar-refractivity contribution in [2.24, 2.45) is 5.73 Å². The van der Waals surface area contributed by atoms with Crippen molar-refractivity contribution in [3.05, 3.63) is 46.0 Å². The van der Waals surface area contributed by atoms with Gasteiger partial charge in [-0.2, -0.15) is 5.01 Å². The van der Waals surface area contributed by atoms with Crippen LogP contribution < -0.4 is 5.73 Å². The SMILES string of the molecule is NCC(=O)N1CCC(C(=O)c2ccccc2)N1[N+](=O)[O-]. The Morgan fingerprint density at radius 2 is 2.00 bits per heavy atom. The molecule has 8 nitrogen and oxygen atoms in total. The molecule has 0 bridgehead atoms. The molecule has 1 aromatic rings. The first-order valence-corrected chi connectivity index (χ1v) is 6.09. The Hall–Kier alpha value is -2.48. The highest BCUT2D eigenvalue weighted by molar-refractivity contribution is 6.00. The van der Waals surface area contributed by atoms with E-state index >= 15 is 0 Å². The molecule has 1 saturated heterocycles. The minimum absolute atomic E-state index is 0.111. The van der Waals surface area contributed by atoms with Gasteiger partial charge in [0.2, 0.25) is 0 Å². The van der Waals surface area contributed by atoms with Crippen LogP contribution in [0, 0.1) is 10.1 Å². The lowest BCUT2D eigenvalue weighted by atomic mass is 10.0. The molecule has 0 saturated carbocycles. The Bertz CT molecular complexity index is 534. The van der Waals surface area contributed by atoms with Gasteiger partial charge in [-0.05, 0) is 5.12 Å². The average molecular weight is 278 g/mol. The molecule has 0 aliphatic carbocycles.